The number of aromatic nitrogens is 2. The van der Waals surface area contributed by atoms with Gasteiger partial charge in [-0.1, -0.05) is 22.9 Å². The van der Waals surface area contributed by atoms with E-state index in [1.165, 1.54) is 5.56 Å². The number of aldehydes is 1. The van der Waals surface area contributed by atoms with E-state index in [1.54, 1.807) is 0 Å². The van der Waals surface area contributed by atoms with Crippen molar-refractivity contribution >= 4 is 6.29 Å². The van der Waals surface area contributed by atoms with Crippen molar-refractivity contribution in [3.8, 4) is 11.5 Å². The van der Waals surface area contributed by atoms with Crippen molar-refractivity contribution in [2.75, 3.05) is 0 Å². The molecule has 2 rings (SSSR count). The molecular weight excluding hydrogens is 192 g/mol. The first-order valence-corrected chi connectivity index (χ1v) is 4.63. The fraction of sp³-hybridized carbons (Fsp3) is 0.182. The molecular formula is C11H10N2O2. The molecule has 4 nitrogen and oxygen atoms in total. The predicted octanol–water partition coefficient (Wildman–Crippen LogP) is 1.79. The van der Waals surface area contributed by atoms with E-state index in [9.17, 15) is 4.79 Å². The van der Waals surface area contributed by atoms with Crippen LogP contribution in [0.1, 0.15) is 11.4 Å². The van der Waals surface area contributed by atoms with Crippen molar-refractivity contribution < 1.29 is 9.32 Å². The van der Waals surface area contributed by atoms with Crippen LogP contribution in [0.3, 0.4) is 0 Å². The average Bonchev–Trinajstić information content (AvgIpc) is 2.68. The molecule has 0 unspecified atom stereocenters. The SMILES string of the molecule is Cc1ccc(-c2nc(CC=O)no2)cc1. The second-order valence-corrected chi connectivity index (χ2v) is 3.25. The number of carbonyl (C=O) groups is 1. The molecule has 76 valence electrons. The lowest BCUT2D eigenvalue weighted by Crippen LogP contribution is -1.87. The smallest absolute Gasteiger partial charge is 0.257 e. The standard InChI is InChI=1S/C11H10N2O2/c1-8-2-4-9(5-3-8)11-12-10(6-7-14)13-15-11/h2-5,7H,6H2,1H3. The number of benzene rings is 1. The second-order valence-electron chi connectivity index (χ2n) is 3.25. The van der Waals surface area contributed by atoms with Gasteiger partial charge < -0.3 is 9.32 Å². The monoisotopic (exact) mass is 202 g/mol. The average molecular weight is 202 g/mol. The molecule has 0 amide bonds. The van der Waals surface area contributed by atoms with Gasteiger partial charge in [-0.3, -0.25) is 0 Å². The number of rotatable bonds is 3. The largest absolute Gasteiger partial charge is 0.334 e. The van der Waals surface area contributed by atoms with Crippen LogP contribution >= 0.6 is 0 Å². The van der Waals surface area contributed by atoms with Crippen LogP contribution in [0.25, 0.3) is 11.5 Å². The van der Waals surface area contributed by atoms with Gasteiger partial charge in [-0.2, -0.15) is 4.98 Å². The highest BCUT2D eigenvalue weighted by Gasteiger charge is 2.07. The summed E-state index contributed by atoms with van der Waals surface area (Å²) in [5, 5.41) is 3.69. The maximum absolute atomic E-state index is 10.2. The molecule has 4 heteroatoms. The minimum absolute atomic E-state index is 0.190. The van der Waals surface area contributed by atoms with Crippen LogP contribution in [0, 0.1) is 6.92 Å². The van der Waals surface area contributed by atoms with Gasteiger partial charge in [0.05, 0.1) is 6.42 Å². The zero-order valence-electron chi connectivity index (χ0n) is 8.30. The zero-order chi connectivity index (χ0) is 10.7. The fourth-order valence-electron chi connectivity index (χ4n) is 1.22. The highest BCUT2D eigenvalue weighted by atomic mass is 16.5. The molecule has 0 fully saturated rings. The molecule has 2 aromatic rings. The minimum atomic E-state index is 0.190. The van der Waals surface area contributed by atoms with Crippen LogP contribution in [-0.2, 0) is 11.2 Å². The summed E-state index contributed by atoms with van der Waals surface area (Å²) in [6.07, 6.45) is 0.944. The molecule has 0 spiro atoms. The Hall–Kier alpha value is -1.97. The topological polar surface area (TPSA) is 56.0 Å². The molecule has 0 bridgehead atoms. The van der Waals surface area contributed by atoms with Gasteiger partial charge >= 0.3 is 0 Å². The highest BCUT2D eigenvalue weighted by molar-refractivity contribution is 5.55. The number of aryl methyl sites for hydroxylation is 1. The van der Waals surface area contributed by atoms with Gasteiger partial charge in [0.1, 0.15) is 6.29 Å². The second kappa shape index (κ2) is 4.04. The molecule has 0 saturated carbocycles. The van der Waals surface area contributed by atoms with E-state index in [4.69, 9.17) is 4.52 Å². The first-order chi connectivity index (χ1) is 7.29. The van der Waals surface area contributed by atoms with E-state index in [2.05, 4.69) is 10.1 Å². The van der Waals surface area contributed by atoms with E-state index in [0.717, 1.165) is 11.8 Å². The number of hydrogen-bond acceptors (Lipinski definition) is 4. The summed E-state index contributed by atoms with van der Waals surface area (Å²) in [6, 6.07) is 7.76. The lowest BCUT2D eigenvalue weighted by atomic mass is 10.1. The van der Waals surface area contributed by atoms with Gasteiger partial charge in [0, 0.05) is 5.56 Å². The molecule has 0 radical (unpaired) electrons. The van der Waals surface area contributed by atoms with Crippen LogP contribution in [0.15, 0.2) is 28.8 Å². The lowest BCUT2D eigenvalue weighted by Gasteiger charge is -1.93. The first-order valence-electron chi connectivity index (χ1n) is 4.63. The lowest BCUT2D eigenvalue weighted by molar-refractivity contribution is -0.107. The number of hydrogen-bond donors (Lipinski definition) is 0. The Morgan fingerprint density at radius 3 is 2.73 bits per heavy atom. The Morgan fingerprint density at radius 1 is 1.33 bits per heavy atom. The predicted molar refractivity (Wildman–Crippen MR) is 54.2 cm³/mol. The van der Waals surface area contributed by atoms with E-state index in [-0.39, 0.29) is 6.42 Å². The summed E-state index contributed by atoms with van der Waals surface area (Å²) < 4.78 is 5.02. The van der Waals surface area contributed by atoms with Crippen molar-refractivity contribution in [1.29, 1.82) is 0 Å². The van der Waals surface area contributed by atoms with Crippen molar-refractivity contribution in [3.05, 3.63) is 35.7 Å². The highest BCUT2D eigenvalue weighted by Crippen LogP contribution is 2.17. The Labute approximate surface area is 86.9 Å². The number of carbonyl (C=O) groups excluding carboxylic acids is 1. The van der Waals surface area contributed by atoms with E-state index in [1.807, 2.05) is 31.2 Å². The molecule has 0 aliphatic carbocycles. The first kappa shape index (κ1) is 9.58. The third-order valence-electron chi connectivity index (χ3n) is 2.03. The third-order valence-corrected chi connectivity index (χ3v) is 2.03. The van der Waals surface area contributed by atoms with Gasteiger partial charge in [-0.05, 0) is 19.1 Å². The summed E-state index contributed by atoms with van der Waals surface area (Å²) in [6.45, 7) is 2.01. The summed E-state index contributed by atoms with van der Waals surface area (Å²) in [7, 11) is 0. The van der Waals surface area contributed by atoms with Crippen LogP contribution in [0.4, 0.5) is 0 Å². The van der Waals surface area contributed by atoms with Crippen molar-refractivity contribution in [1.82, 2.24) is 10.1 Å². The Morgan fingerprint density at radius 2 is 2.07 bits per heavy atom. The Kier molecular flexibility index (Phi) is 2.58. The molecule has 15 heavy (non-hydrogen) atoms. The molecule has 0 aliphatic heterocycles. The fourth-order valence-corrected chi connectivity index (χ4v) is 1.22. The zero-order valence-corrected chi connectivity index (χ0v) is 8.30. The molecule has 0 aliphatic rings. The van der Waals surface area contributed by atoms with Gasteiger partial charge in [0.15, 0.2) is 5.82 Å². The molecule has 0 N–H and O–H groups in total. The van der Waals surface area contributed by atoms with Crippen molar-refractivity contribution in [2.24, 2.45) is 0 Å². The third kappa shape index (κ3) is 2.10. The van der Waals surface area contributed by atoms with Crippen LogP contribution < -0.4 is 0 Å². The number of nitrogens with zero attached hydrogens (tertiary/aromatic N) is 2. The van der Waals surface area contributed by atoms with E-state index < -0.39 is 0 Å². The summed E-state index contributed by atoms with van der Waals surface area (Å²) in [4.78, 5) is 14.3. The van der Waals surface area contributed by atoms with Gasteiger partial charge in [0.25, 0.3) is 5.89 Å². The summed E-state index contributed by atoms with van der Waals surface area (Å²) in [5.74, 6) is 0.868. The normalized spacial score (nSPS) is 10.2. The molecule has 1 heterocycles. The van der Waals surface area contributed by atoms with E-state index >= 15 is 0 Å². The minimum Gasteiger partial charge on any atom is -0.334 e. The summed E-state index contributed by atoms with van der Waals surface area (Å²) in [5.41, 5.74) is 2.04. The van der Waals surface area contributed by atoms with Gasteiger partial charge in [-0.25, -0.2) is 0 Å². The maximum atomic E-state index is 10.2. The van der Waals surface area contributed by atoms with Gasteiger partial charge in [-0.15, -0.1) is 0 Å². The van der Waals surface area contributed by atoms with Gasteiger partial charge in [0.2, 0.25) is 0 Å². The van der Waals surface area contributed by atoms with Crippen molar-refractivity contribution in [2.45, 2.75) is 13.3 Å². The molecule has 1 aromatic heterocycles. The van der Waals surface area contributed by atoms with Crippen LogP contribution in [0.5, 0.6) is 0 Å². The van der Waals surface area contributed by atoms with E-state index in [0.29, 0.717) is 11.7 Å². The Bertz CT molecular complexity index is 460. The van der Waals surface area contributed by atoms with Crippen LogP contribution in [-0.4, -0.2) is 16.4 Å². The summed E-state index contributed by atoms with van der Waals surface area (Å²) >= 11 is 0. The maximum Gasteiger partial charge on any atom is 0.257 e. The van der Waals surface area contributed by atoms with Crippen molar-refractivity contribution in [3.63, 3.8) is 0 Å². The Balaban J connectivity index is 2.28. The quantitative estimate of drug-likeness (QED) is 0.712. The van der Waals surface area contributed by atoms with Crippen LogP contribution in [0.2, 0.25) is 0 Å². The molecule has 0 saturated heterocycles. The molecule has 1 aromatic carbocycles. The molecule has 0 atom stereocenters.